The summed E-state index contributed by atoms with van der Waals surface area (Å²) >= 11 is 3.33. The van der Waals surface area contributed by atoms with Crippen LogP contribution >= 0.6 is 15.9 Å². The van der Waals surface area contributed by atoms with E-state index in [2.05, 4.69) is 15.9 Å². The third-order valence-electron chi connectivity index (χ3n) is 2.45. The average Bonchev–Trinajstić information content (AvgIpc) is 2.28. The maximum absolute atomic E-state index is 13.6. The van der Waals surface area contributed by atoms with Crippen molar-refractivity contribution in [3.63, 3.8) is 0 Å². The first kappa shape index (κ1) is 13.1. The quantitative estimate of drug-likeness (QED) is 0.908. The lowest BCUT2D eigenvalue weighted by Crippen LogP contribution is -1.99. The summed E-state index contributed by atoms with van der Waals surface area (Å²) in [5.41, 5.74) is 0.164. The van der Waals surface area contributed by atoms with Gasteiger partial charge in [-0.2, -0.15) is 0 Å². The summed E-state index contributed by atoms with van der Waals surface area (Å²) in [4.78, 5) is 0. The highest BCUT2D eigenvalue weighted by Gasteiger charge is 2.15. The van der Waals surface area contributed by atoms with E-state index in [-0.39, 0.29) is 5.56 Å². The first-order chi connectivity index (χ1) is 8.58. The Kier molecular flexibility index (Phi) is 3.99. The molecule has 0 radical (unpaired) electrons. The van der Waals surface area contributed by atoms with Crippen LogP contribution in [-0.4, -0.2) is 5.11 Å². The number of ether oxygens (including phenoxy) is 1. The Morgan fingerprint density at radius 2 is 1.94 bits per heavy atom. The second-order valence-electron chi connectivity index (χ2n) is 3.89. The molecule has 0 bridgehead atoms. The topological polar surface area (TPSA) is 29.5 Å². The molecule has 0 aromatic heterocycles. The Hall–Kier alpha value is -1.39. The number of rotatable bonds is 3. The maximum atomic E-state index is 13.6. The Labute approximate surface area is 113 Å². The minimum Gasteiger partial charge on any atom is -0.457 e. The van der Waals surface area contributed by atoms with Crippen molar-refractivity contribution in [2.75, 3.05) is 0 Å². The van der Waals surface area contributed by atoms with Crippen LogP contribution in [0.3, 0.4) is 0 Å². The molecule has 0 aliphatic rings. The monoisotopic (exact) mass is 310 g/mol. The molecule has 2 aromatic carbocycles. The molecule has 1 N–H and O–H groups in total. The zero-order valence-electron chi connectivity index (χ0n) is 9.73. The van der Waals surface area contributed by atoms with E-state index in [1.807, 2.05) is 12.1 Å². The molecular weight excluding hydrogens is 299 g/mol. The van der Waals surface area contributed by atoms with E-state index in [0.717, 1.165) is 4.47 Å². The number of hydrogen-bond acceptors (Lipinski definition) is 2. The van der Waals surface area contributed by atoms with Crippen LogP contribution < -0.4 is 4.74 Å². The zero-order valence-corrected chi connectivity index (χ0v) is 11.3. The van der Waals surface area contributed by atoms with Crippen molar-refractivity contribution in [3.8, 4) is 11.5 Å². The van der Waals surface area contributed by atoms with Gasteiger partial charge in [0, 0.05) is 4.47 Å². The number of aliphatic hydroxyl groups excluding tert-OH is 1. The van der Waals surface area contributed by atoms with Crippen LogP contribution in [0.2, 0.25) is 0 Å². The van der Waals surface area contributed by atoms with Gasteiger partial charge in [0.05, 0.1) is 11.7 Å². The van der Waals surface area contributed by atoms with Crippen LogP contribution in [0.1, 0.15) is 18.6 Å². The highest BCUT2D eigenvalue weighted by molar-refractivity contribution is 9.10. The molecule has 18 heavy (non-hydrogen) atoms. The Bertz CT molecular complexity index is 555. The Morgan fingerprint density at radius 1 is 1.22 bits per heavy atom. The molecule has 2 aromatic rings. The number of halogens is 2. The van der Waals surface area contributed by atoms with Crippen LogP contribution in [0, 0.1) is 5.82 Å². The molecule has 0 saturated carbocycles. The average molecular weight is 311 g/mol. The van der Waals surface area contributed by atoms with Crippen molar-refractivity contribution in [1.29, 1.82) is 0 Å². The van der Waals surface area contributed by atoms with E-state index >= 15 is 0 Å². The lowest BCUT2D eigenvalue weighted by molar-refractivity contribution is 0.190. The molecule has 4 heteroatoms. The zero-order chi connectivity index (χ0) is 13.1. The Morgan fingerprint density at radius 3 is 2.61 bits per heavy atom. The molecule has 94 valence electrons. The molecule has 0 fully saturated rings. The van der Waals surface area contributed by atoms with E-state index in [1.165, 1.54) is 13.0 Å². The van der Waals surface area contributed by atoms with Crippen LogP contribution in [0.15, 0.2) is 46.9 Å². The van der Waals surface area contributed by atoms with E-state index < -0.39 is 11.9 Å². The first-order valence-electron chi connectivity index (χ1n) is 5.48. The van der Waals surface area contributed by atoms with Crippen molar-refractivity contribution < 1.29 is 14.2 Å². The van der Waals surface area contributed by atoms with Gasteiger partial charge in [-0.3, -0.25) is 0 Å². The van der Waals surface area contributed by atoms with Crippen LogP contribution in [-0.2, 0) is 0 Å². The van der Waals surface area contributed by atoms with Gasteiger partial charge in [-0.1, -0.05) is 28.1 Å². The molecule has 1 atom stereocenters. The molecule has 0 amide bonds. The fraction of sp³-hybridized carbons (Fsp3) is 0.143. The standard InChI is InChI=1S/C14H12BrFO2/c1-9(17)14-12(16)6-3-7-13(14)18-11-5-2-4-10(15)8-11/h2-9,17H,1H3/t9-/m1/s1. The van der Waals surface area contributed by atoms with Crippen LogP contribution in [0.4, 0.5) is 4.39 Å². The number of hydrogen-bond donors (Lipinski definition) is 1. The van der Waals surface area contributed by atoms with Crippen LogP contribution in [0.5, 0.6) is 11.5 Å². The summed E-state index contributed by atoms with van der Waals surface area (Å²) in [5, 5.41) is 9.59. The summed E-state index contributed by atoms with van der Waals surface area (Å²) < 4.78 is 20.1. The lowest BCUT2D eigenvalue weighted by Gasteiger charge is -2.14. The predicted molar refractivity (Wildman–Crippen MR) is 71.2 cm³/mol. The van der Waals surface area contributed by atoms with Gasteiger partial charge in [-0.05, 0) is 37.3 Å². The fourth-order valence-electron chi connectivity index (χ4n) is 1.67. The van der Waals surface area contributed by atoms with E-state index in [4.69, 9.17) is 4.74 Å². The van der Waals surface area contributed by atoms with Gasteiger partial charge in [0.15, 0.2) is 0 Å². The van der Waals surface area contributed by atoms with E-state index in [9.17, 15) is 9.50 Å². The highest BCUT2D eigenvalue weighted by Crippen LogP contribution is 2.32. The number of aliphatic hydroxyl groups is 1. The van der Waals surface area contributed by atoms with Gasteiger partial charge in [0.2, 0.25) is 0 Å². The molecule has 0 spiro atoms. The molecular formula is C14H12BrFO2. The summed E-state index contributed by atoms with van der Waals surface area (Å²) in [5.74, 6) is 0.428. The molecule has 0 aliphatic heterocycles. The van der Waals surface area contributed by atoms with Crippen molar-refractivity contribution in [2.45, 2.75) is 13.0 Å². The van der Waals surface area contributed by atoms with Crippen molar-refractivity contribution in [3.05, 3.63) is 58.3 Å². The van der Waals surface area contributed by atoms with Gasteiger partial charge in [0.1, 0.15) is 17.3 Å². The largest absolute Gasteiger partial charge is 0.457 e. The van der Waals surface area contributed by atoms with E-state index in [1.54, 1.807) is 24.3 Å². The minimum absolute atomic E-state index is 0.164. The van der Waals surface area contributed by atoms with E-state index in [0.29, 0.717) is 11.5 Å². The smallest absolute Gasteiger partial charge is 0.136 e. The highest BCUT2D eigenvalue weighted by atomic mass is 79.9. The molecule has 0 aliphatic carbocycles. The molecule has 2 nitrogen and oxygen atoms in total. The number of benzene rings is 2. The summed E-state index contributed by atoms with van der Waals surface area (Å²) in [6.07, 6.45) is -0.923. The third kappa shape index (κ3) is 2.89. The molecule has 0 unspecified atom stereocenters. The fourth-order valence-corrected chi connectivity index (χ4v) is 2.05. The normalized spacial score (nSPS) is 12.2. The summed E-state index contributed by atoms with van der Waals surface area (Å²) in [7, 11) is 0. The minimum atomic E-state index is -0.923. The predicted octanol–water partition coefficient (Wildman–Crippen LogP) is 4.43. The van der Waals surface area contributed by atoms with Gasteiger partial charge < -0.3 is 9.84 Å². The van der Waals surface area contributed by atoms with Gasteiger partial charge in [0.25, 0.3) is 0 Å². The van der Waals surface area contributed by atoms with Crippen molar-refractivity contribution in [1.82, 2.24) is 0 Å². The molecule has 0 heterocycles. The first-order valence-corrected chi connectivity index (χ1v) is 6.27. The maximum Gasteiger partial charge on any atom is 0.136 e. The van der Waals surface area contributed by atoms with Gasteiger partial charge in [-0.15, -0.1) is 0 Å². The second-order valence-corrected chi connectivity index (χ2v) is 4.80. The SMILES string of the molecule is C[C@@H](O)c1c(F)cccc1Oc1cccc(Br)c1. The second kappa shape index (κ2) is 5.50. The van der Waals surface area contributed by atoms with Crippen molar-refractivity contribution >= 4 is 15.9 Å². The Balaban J connectivity index is 2.37. The summed E-state index contributed by atoms with van der Waals surface area (Å²) in [6.45, 7) is 1.51. The lowest BCUT2D eigenvalue weighted by atomic mass is 10.1. The van der Waals surface area contributed by atoms with Crippen molar-refractivity contribution in [2.24, 2.45) is 0 Å². The summed E-state index contributed by atoms with van der Waals surface area (Å²) in [6, 6.07) is 11.7. The van der Waals surface area contributed by atoms with Gasteiger partial charge in [-0.25, -0.2) is 4.39 Å². The molecule has 2 rings (SSSR count). The van der Waals surface area contributed by atoms with Gasteiger partial charge >= 0.3 is 0 Å². The molecule has 0 saturated heterocycles. The third-order valence-corrected chi connectivity index (χ3v) is 2.95. The van der Waals surface area contributed by atoms with Crippen LogP contribution in [0.25, 0.3) is 0 Å².